The first-order chi connectivity index (χ1) is 9.65. The van der Waals surface area contributed by atoms with Crippen molar-refractivity contribution in [2.45, 2.75) is 31.7 Å². The topological polar surface area (TPSA) is 28.5 Å². The molecule has 0 saturated carbocycles. The maximum absolute atomic E-state index is 12.6. The fourth-order valence-electron chi connectivity index (χ4n) is 3.41. The first-order valence-electron chi connectivity index (χ1n) is 7.50. The molecule has 2 saturated heterocycles. The second-order valence-electron chi connectivity index (χ2n) is 5.94. The highest BCUT2D eigenvalue weighted by molar-refractivity contribution is 9.10. The highest BCUT2D eigenvalue weighted by atomic mass is 79.9. The number of likely N-dealkylation sites (tertiary alicyclic amines) is 2. The second kappa shape index (κ2) is 5.90. The molecule has 20 heavy (non-hydrogen) atoms. The van der Waals surface area contributed by atoms with Crippen LogP contribution in [0.25, 0.3) is 0 Å². The van der Waals surface area contributed by atoms with Crippen molar-refractivity contribution in [2.75, 3.05) is 26.2 Å². The molecule has 0 N–H and O–H groups in total. The number of aryl methyl sites for hydroxylation is 1. The zero-order chi connectivity index (χ0) is 14.1. The fraction of sp³-hybridized carbons (Fsp3) is 0.667. The highest BCUT2D eigenvalue weighted by Gasteiger charge is 2.32. The van der Waals surface area contributed by atoms with Gasteiger partial charge in [0.1, 0.15) is 5.69 Å². The lowest BCUT2D eigenvalue weighted by Crippen LogP contribution is -2.41. The SMILES string of the molecule is Cn1cc(Br)cc1C(=O)N1CCC(N2CCCCC2)C1. The molecule has 0 aliphatic carbocycles. The summed E-state index contributed by atoms with van der Waals surface area (Å²) in [5.41, 5.74) is 0.774. The molecule has 5 heteroatoms. The molecular formula is C15H22BrN3O. The van der Waals surface area contributed by atoms with Crippen LogP contribution in [0.15, 0.2) is 16.7 Å². The predicted octanol–water partition coefficient (Wildman–Crippen LogP) is 2.49. The number of halogens is 1. The Balaban J connectivity index is 1.64. The minimum absolute atomic E-state index is 0.165. The van der Waals surface area contributed by atoms with Crippen LogP contribution < -0.4 is 0 Å². The average molecular weight is 340 g/mol. The molecule has 1 atom stereocenters. The molecule has 1 aromatic rings. The van der Waals surface area contributed by atoms with E-state index >= 15 is 0 Å². The predicted molar refractivity (Wildman–Crippen MR) is 82.8 cm³/mol. The number of hydrogen-bond acceptors (Lipinski definition) is 2. The number of carbonyl (C=O) groups excluding carboxylic acids is 1. The molecule has 3 rings (SSSR count). The Morgan fingerprint density at radius 2 is 2.00 bits per heavy atom. The van der Waals surface area contributed by atoms with Gasteiger partial charge in [-0.1, -0.05) is 6.42 Å². The summed E-state index contributed by atoms with van der Waals surface area (Å²) < 4.78 is 2.87. The number of carbonyl (C=O) groups is 1. The van der Waals surface area contributed by atoms with Crippen LogP contribution in [0.4, 0.5) is 0 Å². The van der Waals surface area contributed by atoms with Crippen LogP contribution in [0.5, 0.6) is 0 Å². The van der Waals surface area contributed by atoms with Crippen LogP contribution in [0, 0.1) is 0 Å². The van der Waals surface area contributed by atoms with Gasteiger partial charge in [-0.15, -0.1) is 0 Å². The molecule has 1 aromatic heterocycles. The van der Waals surface area contributed by atoms with E-state index < -0.39 is 0 Å². The standard InChI is InChI=1S/C15H22BrN3O/c1-17-10-12(16)9-14(17)15(20)19-8-5-13(11-19)18-6-3-2-4-7-18/h9-10,13H,2-8,11H2,1H3. The van der Waals surface area contributed by atoms with Crippen molar-refractivity contribution < 1.29 is 4.79 Å². The molecule has 110 valence electrons. The largest absolute Gasteiger partial charge is 0.345 e. The van der Waals surface area contributed by atoms with E-state index in [0.717, 1.165) is 29.7 Å². The molecule has 1 unspecified atom stereocenters. The van der Waals surface area contributed by atoms with Crippen molar-refractivity contribution in [3.63, 3.8) is 0 Å². The number of hydrogen-bond donors (Lipinski definition) is 0. The van der Waals surface area contributed by atoms with Crippen molar-refractivity contribution in [3.8, 4) is 0 Å². The van der Waals surface area contributed by atoms with E-state index in [1.165, 1.54) is 32.4 Å². The van der Waals surface area contributed by atoms with Gasteiger partial charge in [0.25, 0.3) is 5.91 Å². The second-order valence-corrected chi connectivity index (χ2v) is 6.86. The van der Waals surface area contributed by atoms with E-state index in [-0.39, 0.29) is 5.91 Å². The summed E-state index contributed by atoms with van der Waals surface area (Å²) in [5.74, 6) is 0.165. The zero-order valence-corrected chi connectivity index (χ0v) is 13.6. The summed E-state index contributed by atoms with van der Waals surface area (Å²) >= 11 is 3.43. The van der Waals surface area contributed by atoms with Crippen molar-refractivity contribution in [3.05, 3.63) is 22.4 Å². The van der Waals surface area contributed by atoms with Crippen molar-refractivity contribution in [2.24, 2.45) is 7.05 Å². The summed E-state index contributed by atoms with van der Waals surface area (Å²) in [6, 6.07) is 2.49. The lowest BCUT2D eigenvalue weighted by atomic mass is 10.1. The summed E-state index contributed by atoms with van der Waals surface area (Å²) in [6.07, 6.45) is 7.05. The van der Waals surface area contributed by atoms with E-state index in [1.54, 1.807) is 0 Å². The maximum Gasteiger partial charge on any atom is 0.270 e. The number of amides is 1. The van der Waals surface area contributed by atoms with E-state index in [2.05, 4.69) is 20.8 Å². The molecule has 1 amide bonds. The van der Waals surface area contributed by atoms with Crippen LogP contribution in [-0.2, 0) is 7.05 Å². The quantitative estimate of drug-likeness (QED) is 0.828. The van der Waals surface area contributed by atoms with Gasteiger partial charge in [-0.25, -0.2) is 0 Å². The normalized spacial score (nSPS) is 24.3. The molecule has 0 aromatic carbocycles. The summed E-state index contributed by atoms with van der Waals surface area (Å²) in [5, 5.41) is 0. The molecule has 3 heterocycles. The Hall–Kier alpha value is -0.810. The number of nitrogens with zero attached hydrogens (tertiary/aromatic N) is 3. The molecule has 2 fully saturated rings. The van der Waals surface area contributed by atoms with Crippen LogP contribution >= 0.6 is 15.9 Å². The number of rotatable bonds is 2. The third-order valence-corrected chi connectivity index (χ3v) is 4.98. The molecule has 0 bridgehead atoms. The highest BCUT2D eigenvalue weighted by Crippen LogP contribution is 2.23. The summed E-state index contributed by atoms with van der Waals surface area (Å²) in [6.45, 7) is 4.20. The Bertz CT molecular complexity index is 493. The van der Waals surface area contributed by atoms with E-state index in [9.17, 15) is 4.79 Å². The van der Waals surface area contributed by atoms with Gasteiger partial charge in [0, 0.05) is 36.8 Å². The Labute approximate surface area is 128 Å². The minimum atomic E-state index is 0.165. The van der Waals surface area contributed by atoms with E-state index in [4.69, 9.17) is 0 Å². The van der Waals surface area contributed by atoms with Crippen molar-refractivity contribution in [1.29, 1.82) is 0 Å². The Kier molecular flexibility index (Phi) is 4.17. The monoisotopic (exact) mass is 339 g/mol. The third-order valence-electron chi connectivity index (χ3n) is 4.55. The molecule has 0 spiro atoms. The van der Waals surface area contributed by atoms with Gasteiger partial charge in [0.2, 0.25) is 0 Å². The number of piperidine rings is 1. The van der Waals surface area contributed by atoms with Gasteiger partial charge in [-0.05, 0) is 54.3 Å². The smallest absolute Gasteiger partial charge is 0.270 e. The van der Waals surface area contributed by atoms with Gasteiger partial charge in [-0.2, -0.15) is 0 Å². The Morgan fingerprint density at radius 3 is 2.65 bits per heavy atom. The average Bonchev–Trinajstić information content (AvgIpc) is 3.06. The van der Waals surface area contributed by atoms with Gasteiger partial charge in [-0.3, -0.25) is 9.69 Å². The van der Waals surface area contributed by atoms with Gasteiger partial charge in [0.05, 0.1) is 0 Å². The van der Waals surface area contributed by atoms with Crippen LogP contribution in [0.1, 0.15) is 36.2 Å². The first kappa shape index (κ1) is 14.1. The summed E-state index contributed by atoms with van der Waals surface area (Å²) in [4.78, 5) is 17.2. The minimum Gasteiger partial charge on any atom is -0.345 e. The van der Waals surface area contributed by atoms with Gasteiger partial charge in [0.15, 0.2) is 0 Å². The fourth-order valence-corrected chi connectivity index (χ4v) is 3.93. The lowest BCUT2D eigenvalue weighted by molar-refractivity contribution is 0.0762. The molecule has 0 radical (unpaired) electrons. The maximum atomic E-state index is 12.6. The van der Waals surface area contributed by atoms with Crippen molar-refractivity contribution in [1.82, 2.24) is 14.4 Å². The third kappa shape index (κ3) is 2.79. The van der Waals surface area contributed by atoms with Crippen molar-refractivity contribution >= 4 is 21.8 Å². The molecule has 4 nitrogen and oxygen atoms in total. The Morgan fingerprint density at radius 1 is 1.25 bits per heavy atom. The first-order valence-corrected chi connectivity index (χ1v) is 8.29. The molecular weight excluding hydrogens is 318 g/mol. The van der Waals surface area contributed by atoms with Crippen LogP contribution in [0.2, 0.25) is 0 Å². The lowest BCUT2D eigenvalue weighted by Gasteiger charge is -2.32. The van der Waals surface area contributed by atoms with E-state index in [1.807, 2.05) is 28.8 Å². The van der Waals surface area contributed by atoms with Gasteiger partial charge >= 0.3 is 0 Å². The van der Waals surface area contributed by atoms with Gasteiger partial charge < -0.3 is 9.47 Å². The van der Waals surface area contributed by atoms with E-state index in [0.29, 0.717) is 6.04 Å². The number of aromatic nitrogens is 1. The zero-order valence-electron chi connectivity index (χ0n) is 12.0. The van der Waals surface area contributed by atoms with Crippen LogP contribution in [-0.4, -0.2) is 52.5 Å². The molecule has 2 aliphatic heterocycles. The molecule has 2 aliphatic rings. The van der Waals surface area contributed by atoms with Crippen LogP contribution in [0.3, 0.4) is 0 Å². The summed E-state index contributed by atoms with van der Waals surface area (Å²) in [7, 11) is 1.93.